The van der Waals surface area contributed by atoms with Gasteiger partial charge in [0.05, 0.1) is 0 Å². The zero-order chi connectivity index (χ0) is 16.1. The fourth-order valence-electron chi connectivity index (χ4n) is 1.98. The molecule has 0 fully saturated rings. The van der Waals surface area contributed by atoms with Gasteiger partial charge in [-0.3, -0.25) is 4.79 Å². The molecule has 2 rings (SSSR count). The molecule has 2 aromatic heterocycles. The maximum atomic E-state index is 12.3. The standard InChI is InChI=1S/C15H21N5O2/c1-5-6-7-20(4)14-9-12(16-11(3)17-14)15(21)18-13-8-10(2)22-19-13/h8-9H,5-7H2,1-4H3,(H,18,19,21). The average Bonchev–Trinajstić information content (AvgIpc) is 2.89. The zero-order valence-electron chi connectivity index (χ0n) is 13.4. The molecule has 0 aliphatic carbocycles. The van der Waals surface area contributed by atoms with Crippen molar-refractivity contribution in [3.63, 3.8) is 0 Å². The van der Waals surface area contributed by atoms with Crippen molar-refractivity contribution in [2.75, 3.05) is 23.8 Å². The lowest BCUT2D eigenvalue weighted by Gasteiger charge is -2.18. The Morgan fingerprint density at radius 1 is 1.32 bits per heavy atom. The molecule has 0 spiro atoms. The van der Waals surface area contributed by atoms with E-state index in [9.17, 15) is 4.79 Å². The van der Waals surface area contributed by atoms with E-state index in [1.807, 2.05) is 11.9 Å². The molecule has 0 unspecified atom stereocenters. The van der Waals surface area contributed by atoms with Crippen LogP contribution >= 0.6 is 0 Å². The van der Waals surface area contributed by atoms with Crippen LogP contribution in [-0.2, 0) is 0 Å². The van der Waals surface area contributed by atoms with E-state index in [1.54, 1.807) is 26.0 Å². The Morgan fingerprint density at radius 3 is 2.73 bits per heavy atom. The van der Waals surface area contributed by atoms with E-state index in [0.29, 0.717) is 23.1 Å². The third-order valence-corrected chi connectivity index (χ3v) is 3.16. The highest BCUT2D eigenvalue weighted by Crippen LogP contribution is 2.14. The van der Waals surface area contributed by atoms with Crippen LogP contribution in [0.3, 0.4) is 0 Å². The van der Waals surface area contributed by atoms with Gasteiger partial charge in [0.15, 0.2) is 5.82 Å². The van der Waals surface area contributed by atoms with E-state index >= 15 is 0 Å². The number of carbonyl (C=O) groups is 1. The van der Waals surface area contributed by atoms with E-state index in [-0.39, 0.29) is 5.91 Å². The third-order valence-electron chi connectivity index (χ3n) is 3.16. The fraction of sp³-hybridized carbons (Fsp3) is 0.467. The normalized spacial score (nSPS) is 10.5. The molecule has 0 aliphatic heterocycles. The van der Waals surface area contributed by atoms with E-state index in [2.05, 4.69) is 27.4 Å². The van der Waals surface area contributed by atoms with Gasteiger partial charge in [-0.25, -0.2) is 9.97 Å². The van der Waals surface area contributed by atoms with Crippen LogP contribution in [0.1, 0.15) is 41.8 Å². The molecule has 2 heterocycles. The van der Waals surface area contributed by atoms with Crippen molar-refractivity contribution >= 4 is 17.5 Å². The Morgan fingerprint density at radius 2 is 2.09 bits per heavy atom. The van der Waals surface area contributed by atoms with Crippen LogP contribution in [0.5, 0.6) is 0 Å². The zero-order valence-corrected chi connectivity index (χ0v) is 13.4. The predicted molar refractivity (Wildman–Crippen MR) is 84.1 cm³/mol. The van der Waals surface area contributed by atoms with Crippen LogP contribution in [0.25, 0.3) is 0 Å². The largest absolute Gasteiger partial charge is 0.360 e. The maximum absolute atomic E-state index is 12.3. The summed E-state index contributed by atoms with van der Waals surface area (Å²) in [6, 6.07) is 3.34. The lowest BCUT2D eigenvalue weighted by molar-refractivity contribution is 0.102. The molecular formula is C15H21N5O2. The first-order valence-corrected chi connectivity index (χ1v) is 7.31. The fourth-order valence-corrected chi connectivity index (χ4v) is 1.98. The summed E-state index contributed by atoms with van der Waals surface area (Å²) in [5.41, 5.74) is 0.312. The second kappa shape index (κ2) is 7.02. The van der Waals surface area contributed by atoms with Gasteiger partial charge in [-0.15, -0.1) is 0 Å². The van der Waals surface area contributed by atoms with Crippen LogP contribution in [0.2, 0.25) is 0 Å². The Bertz CT molecular complexity index is 653. The number of nitrogens with zero attached hydrogens (tertiary/aromatic N) is 4. The maximum Gasteiger partial charge on any atom is 0.275 e. The summed E-state index contributed by atoms with van der Waals surface area (Å²) < 4.78 is 4.93. The number of anilines is 2. The molecule has 7 nitrogen and oxygen atoms in total. The summed E-state index contributed by atoms with van der Waals surface area (Å²) >= 11 is 0. The molecule has 1 amide bonds. The lowest BCUT2D eigenvalue weighted by atomic mass is 10.3. The van der Waals surface area contributed by atoms with E-state index < -0.39 is 0 Å². The molecular weight excluding hydrogens is 282 g/mol. The van der Waals surface area contributed by atoms with Crippen molar-refractivity contribution in [3.8, 4) is 0 Å². The lowest BCUT2D eigenvalue weighted by Crippen LogP contribution is -2.22. The molecule has 7 heteroatoms. The molecule has 0 bridgehead atoms. The van der Waals surface area contributed by atoms with Crippen molar-refractivity contribution in [3.05, 3.63) is 29.4 Å². The third kappa shape index (κ3) is 4.03. The first-order valence-electron chi connectivity index (χ1n) is 7.31. The Kier molecular flexibility index (Phi) is 5.08. The Hall–Kier alpha value is -2.44. The minimum absolute atomic E-state index is 0.312. The van der Waals surface area contributed by atoms with Crippen molar-refractivity contribution in [1.82, 2.24) is 15.1 Å². The number of aromatic nitrogens is 3. The summed E-state index contributed by atoms with van der Waals surface area (Å²) in [6.45, 7) is 6.56. The highest BCUT2D eigenvalue weighted by molar-refractivity contribution is 6.02. The number of rotatable bonds is 6. The second-order valence-electron chi connectivity index (χ2n) is 5.21. The van der Waals surface area contributed by atoms with Crippen LogP contribution in [0.15, 0.2) is 16.7 Å². The second-order valence-corrected chi connectivity index (χ2v) is 5.21. The number of hydrogen-bond acceptors (Lipinski definition) is 6. The van der Waals surface area contributed by atoms with Crippen LogP contribution in [-0.4, -0.2) is 34.6 Å². The molecule has 118 valence electrons. The summed E-state index contributed by atoms with van der Waals surface area (Å²) in [5, 5.41) is 6.40. The molecule has 0 saturated carbocycles. The monoisotopic (exact) mass is 303 g/mol. The molecule has 0 atom stereocenters. The van der Waals surface area contributed by atoms with Gasteiger partial charge in [-0.1, -0.05) is 18.5 Å². The number of carbonyl (C=O) groups excluding carboxylic acids is 1. The highest BCUT2D eigenvalue weighted by Gasteiger charge is 2.14. The van der Waals surface area contributed by atoms with E-state index in [0.717, 1.165) is 25.2 Å². The summed E-state index contributed by atoms with van der Waals surface area (Å²) in [5.74, 6) is 1.97. The van der Waals surface area contributed by atoms with Gasteiger partial charge in [0.2, 0.25) is 0 Å². The molecule has 2 aromatic rings. The summed E-state index contributed by atoms with van der Waals surface area (Å²) in [4.78, 5) is 22.9. The van der Waals surface area contributed by atoms with Crippen molar-refractivity contribution in [2.45, 2.75) is 33.6 Å². The van der Waals surface area contributed by atoms with E-state index in [4.69, 9.17) is 4.52 Å². The molecule has 0 radical (unpaired) electrons. The van der Waals surface area contributed by atoms with Gasteiger partial charge in [-0.05, 0) is 20.3 Å². The van der Waals surface area contributed by atoms with Crippen LogP contribution in [0, 0.1) is 13.8 Å². The number of nitrogens with one attached hydrogen (secondary N) is 1. The number of amides is 1. The summed E-state index contributed by atoms with van der Waals surface area (Å²) in [7, 11) is 1.96. The topological polar surface area (TPSA) is 84.2 Å². The highest BCUT2D eigenvalue weighted by atomic mass is 16.5. The van der Waals surface area contributed by atoms with Gasteiger partial charge < -0.3 is 14.7 Å². The van der Waals surface area contributed by atoms with Gasteiger partial charge >= 0.3 is 0 Å². The van der Waals surface area contributed by atoms with E-state index in [1.165, 1.54) is 0 Å². The molecule has 0 aliphatic rings. The SMILES string of the molecule is CCCCN(C)c1cc(C(=O)Nc2cc(C)on2)nc(C)n1. The first kappa shape index (κ1) is 15.9. The molecule has 22 heavy (non-hydrogen) atoms. The molecule has 0 saturated heterocycles. The minimum atomic E-state index is -0.330. The van der Waals surface area contributed by atoms with Crippen LogP contribution in [0.4, 0.5) is 11.6 Å². The van der Waals surface area contributed by atoms with Crippen LogP contribution < -0.4 is 10.2 Å². The number of hydrogen-bond donors (Lipinski definition) is 1. The van der Waals surface area contributed by atoms with Gasteiger partial charge in [0.1, 0.15) is 23.1 Å². The quantitative estimate of drug-likeness (QED) is 0.883. The van der Waals surface area contributed by atoms with Crippen molar-refractivity contribution in [1.29, 1.82) is 0 Å². The molecule has 1 N–H and O–H groups in total. The Labute approximate surface area is 129 Å². The number of unbranched alkanes of at least 4 members (excludes halogenated alkanes) is 1. The predicted octanol–water partition coefficient (Wildman–Crippen LogP) is 2.57. The van der Waals surface area contributed by atoms with Gasteiger partial charge in [-0.2, -0.15) is 0 Å². The van der Waals surface area contributed by atoms with Crippen molar-refractivity contribution < 1.29 is 9.32 Å². The van der Waals surface area contributed by atoms with Gasteiger partial charge in [0, 0.05) is 25.7 Å². The first-order chi connectivity index (χ1) is 10.5. The summed E-state index contributed by atoms with van der Waals surface area (Å²) in [6.07, 6.45) is 2.17. The van der Waals surface area contributed by atoms with Gasteiger partial charge in [0.25, 0.3) is 5.91 Å². The Balaban J connectivity index is 2.16. The average molecular weight is 303 g/mol. The number of aryl methyl sites for hydroxylation is 2. The molecule has 0 aromatic carbocycles. The minimum Gasteiger partial charge on any atom is -0.360 e. The van der Waals surface area contributed by atoms with Crippen molar-refractivity contribution in [2.24, 2.45) is 0 Å². The smallest absolute Gasteiger partial charge is 0.275 e.